The summed E-state index contributed by atoms with van der Waals surface area (Å²) in [5, 5.41) is 13.8. The topological polar surface area (TPSA) is 20.2 Å². The van der Waals surface area contributed by atoms with Gasteiger partial charge in [-0.15, -0.1) is 11.3 Å². The predicted molar refractivity (Wildman–Crippen MR) is 76.3 cm³/mol. The van der Waals surface area contributed by atoms with Crippen LogP contribution in [0.15, 0.2) is 35.7 Å². The molecule has 3 heteroatoms. The van der Waals surface area contributed by atoms with Gasteiger partial charge in [-0.2, -0.15) is 0 Å². The molecule has 3 rings (SSSR count). The predicted octanol–water partition coefficient (Wildman–Crippen LogP) is 4.36. The van der Waals surface area contributed by atoms with Crippen LogP contribution in [0.3, 0.4) is 0 Å². The van der Waals surface area contributed by atoms with Crippen molar-refractivity contribution in [2.75, 3.05) is 0 Å². The second kappa shape index (κ2) is 4.69. The zero-order chi connectivity index (χ0) is 12.6. The molecule has 1 aromatic heterocycles. The summed E-state index contributed by atoms with van der Waals surface area (Å²) < 4.78 is 0. The summed E-state index contributed by atoms with van der Waals surface area (Å²) >= 11 is 7.78. The van der Waals surface area contributed by atoms with Crippen molar-refractivity contribution in [1.82, 2.24) is 0 Å². The number of hydrogen-bond donors (Lipinski definition) is 1. The normalized spacial score (nSPS) is 23.4. The molecule has 94 valence electrons. The van der Waals surface area contributed by atoms with Gasteiger partial charge < -0.3 is 5.11 Å². The number of hydrogen-bond acceptors (Lipinski definition) is 2. The first-order valence-corrected chi connectivity index (χ1v) is 7.52. The second-order valence-electron chi connectivity index (χ2n) is 4.82. The molecule has 2 aromatic rings. The van der Waals surface area contributed by atoms with E-state index in [0.29, 0.717) is 5.02 Å². The van der Waals surface area contributed by atoms with Crippen LogP contribution in [0.1, 0.15) is 35.3 Å². The quantitative estimate of drug-likeness (QED) is 0.768. The van der Waals surface area contributed by atoms with Crippen LogP contribution in [-0.2, 0) is 12.0 Å². The smallest absolute Gasteiger partial charge is 0.125 e. The van der Waals surface area contributed by atoms with Crippen molar-refractivity contribution in [2.45, 2.75) is 31.3 Å². The van der Waals surface area contributed by atoms with E-state index < -0.39 is 5.60 Å². The Labute approximate surface area is 116 Å². The highest BCUT2D eigenvalue weighted by atomic mass is 35.5. The van der Waals surface area contributed by atoms with E-state index in [1.165, 1.54) is 5.56 Å². The minimum atomic E-state index is -0.904. The number of thiophene rings is 1. The van der Waals surface area contributed by atoms with Crippen molar-refractivity contribution in [3.05, 3.63) is 56.7 Å². The molecule has 1 heterocycles. The lowest BCUT2D eigenvalue weighted by Gasteiger charge is -2.28. The maximum Gasteiger partial charge on any atom is 0.125 e. The number of halogens is 1. The van der Waals surface area contributed by atoms with Crippen LogP contribution in [0, 0.1) is 0 Å². The zero-order valence-corrected chi connectivity index (χ0v) is 11.6. The van der Waals surface area contributed by atoms with Crippen LogP contribution < -0.4 is 0 Å². The summed E-state index contributed by atoms with van der Waals surface area (Å²) in [6, 6.07) is 10.1. The first-order valence-electron chi connectivity index (χ1n) is 6.26. The highest BCUT2D eigenvalue weighted by Gasteiger charge is 2.37. The van der Waals surface area contributed by atoms with Crippen LogP contribution >= 0.6 is 22.9 Å². The molecule has 0 saturated heterocycles. The average molecular weight is 279 g/mol. The molecule has 1 aromatic carbocycles. The third kappa shape index (κ3) is 1.89. The molecule has 1 atom stereocenters. The monoisotopic (exact) mass is 278 g/mol. The van der Waals surface area contributed by atoms with Gasteiger partial charge in [0.25, 0.3) is 0 Å². The lowest BCUT2D eigenvalue weighted by molar-refractivity contribution is 0.0743. The number of aliphatic hydroxyl groups is 1. The standard InChI is InChI=1S/C15H15ClOS/c16-13-8-10-18-14(13)15(17)9-4-3-6-11-5-1-2-7-12(11)15/h1-2,5,7-8,10,17H,3-4,6,9H2. The minimum absolute atomic E-state index is 0.680. The Morgan fingerprint density at radius 1 is 1.17 bits per heavy atom. The molecule has 1 nitrogen and oxygen atoms in total. The molecule has 1 aliphatic rings. The van der Waals surface area contributed by atoms with Crippen molar-refractivity contribution < 1.29 is 5.11 Å². The molecule has 0 fully saturated rings. The van der Waals surface area contributed by atoms with Crippen molar-refractivity contribution >= 4 is 22.9 Å². The highest BCUT2D eigenvalue weighted by molar-refractivity contribution is 7.10. The second-order valence-corrected chi connectivity index (χ2v) is 6.15. The van der Waals surface area contributed by atoms with E-state index in [9.17, 15) is 5.11 Å². The van der Waals surface area contributed by atoms with Gasteiger partial charge in [-0.05, 0) is 48.3 Å². The van der Waals surface area contributed by atoms with Gasteiger partial charge in [0.05, 0.1) is 9.90 Å². The van der Waals surface area contributed by atoms with Gasteiger partial charge in [-0.1, -0.05) is 35.9 Å². The Kier molecular flexibility index (Phi) is 3.18. The van der Waals surface area contributed by atoms with Crippen molar-refractivity contribution in [2.24, 2.45) is 0 Å². The Hall–Kier alpha value is -0.830. The van der Waals surface area contributed by atoms with Gasteiger partial charge in [0.2, 0.25) is 0 Å². The van der Waals surface area contributed by atoms with Crippen LogP contribution in [0.4, 0.5) is 0 Å². The fraction of sp³-hybridized carbons (Fsp3) is 0.333. The fourth-order valence-corrected chi connectivity index (χ4v) is 4.15. The zero-order valence-electron chi connectivity index (χ0n) is 10.0. The van der Waals surface area contributed by atoms with Crippen LogP contribution in [0.5, 0.6) is 0 Å². The number of aryl methyl sites for hydroxylation is 1. The first-order chi connectivity index (χ1) is 8.72. The minimum Gasteiger partial charge on any atom is -0.379 e. The molecule has 1 N–H and O–H groups in total. The van der Waals surface area contributed by atoms with E-state index >= 15 is 0 Å². The van der Waals surface area contributed by atoms with Crippen LogP contribution in [-0.4, -0.2) is 5.11 Å². The van der Waals surface area contributed by atoms with Crippen molar-refractivity contribution in [3.63, 3.8) is 0 Å². The first kappa shape index (κ1) is 12.2. The third-order valence-electron chi connectivity index (χ3n) is 3.69. The van der Waals surface area contributed by atoms with E-state index in [1.807, 2.05) is 29.6 Å². The van der Waals surface area contributed by atoms with Crippen molar-refractivity contribution in [3.8, 4) is 0 Å². The van der Waals surface area contributed by atoms with E-state index in [0.717, 1.165) is 36.1 Å². The van der Waals surface area contributed by atoms with E-state index in [4.69, 9.17) is 11.6 Å². The summed E-state index contributed by atoms with van der Waals surface area (Å²) in [6.45, 7) is 0. The average Bonchev–Trinajstić information content (AvgIpc) is 2.74. The Morgan fingerprint density at radius 2 is 2.00 bits per heavy atom. The fourth-order valence-electron chi connectivity index (χ4n) is 2.80. The summed E-state index contributed by atoms with van der Waals surface area (Å²) in [4.78, 5) is 0.888. The Morgan fingerprint density at radius 3 is 2.78 bits per heavy atom. The molecular weight excluding hydrogens is 264 g/mol. The lowest BCUT2D eigenvalue weighted by Crippen LogP contribution is -2.26. The lowest BCUT2D eigenvalue weighted by atomic mass is 9.86. The molecule has 0 bridgehead atoms. The number of rotatable bonds is 1. The Bertz CT molecular complexity index is 563. The number of benzene rings is 1. The van der Waals surface area contributed by atoms with Gasteiger partial charge in [0, 0.05) is 0 Å². The van der Waals surface area contributed by atoms with Gasteiger partial charge in [-0.3, -0.25) is 0 Å². The molecule has 18 heavy (non-hydrogen) atoms. The van der Waals surface area contributed by atoms with E-state index in [-0.39, 0.29) is 0 Å². The van der Waals surface area contributed by atoms with Gasteiger partial charge in [-0.25, -0.2) is 0 Å². The molecule has 0 radical (unpaired) electrons. The number of fused-ring (bicyclic) bond motifs is 1. The molecule has 1 unspecified atom stereocenters. The maximum atomic E-state index is 11.2. The summed E-state index contributed by atoms with van der Waals surface area (Å²) in [7, 11) is 0. The molecule has 1 aliphatic carbocycles. The largest absolute Gasteiger partial charge is 0.379 e. The summed E-state index contributed by atoms with van der Waals surface area (Å²) in [5.41, 5.74) is 1.38. The summed E-state index contributed by atoms with van der Waals surface area (Å²) in [5.74, 6) is 0. The van der Waals surface area contributed by atoms with Crippen LogP contribution in [0.2, 0.25) is 5.02 Å². The molecule has 0 saturated carbocycles. The van der Waals surface area contributed by atoms with Crippen LogP contribution in [0.25, 0.3) is 0 Å². The third-order valence-corrected chi connectivity index (χ3v) is 5.18. The van der Waals surface area contributed by atoms with Gasteiger partial charge >= 0.3 is 0 Å². The molecule has 0 amide bonds. The molecule has 0 spiro atoms. The van der Waals surface area contributed by atoms with Crippen molar-refractivity contribution in [1.29, 1.82) is 0 Å². The van der Waals surface area contributed by atoms with E-state index in [2.05, 4.69) is 6.07 Å². The summed E-state index contributed by atoms with van der Waals surface area (Å²) in [6.07, 6.45) is 3.95. The van der Waals surface area contributed by atoms with E-state index in [1.54, 1.807) is 11.3 Å². The Balaban J connectivity index is 2.19. The molecule has 0 aliphatic heterocycles. The SMILES string of the molecule is OC1(c2sccc2Cl)CCCCc2ccccc21. The maximum absolute atomic E-state index is 11.2. The molecular formula is C15H15ClOS. The highest BCUT2D eigenvalue weighted by Crippen LogP contribution is 2.44. The van der Waals surface area contributed by atoms with Gasteiger partial charge in [0.15, 0.2) is 0 Å². The van der Waals surface area contributed by atoms with Gasteiger partial charge in [0.1, 0.15) is 5.60 Å².